The standard InChI is InChI=1S/C20H26N4O/c25-20(18-10-21-19-6-1-2-9-24(18)19)23-13-16-7-8-17(14-23)22(12-16)11-15-4-3-5-15/h1-2,6,9-10,15-17H,3-5,7-8,11-14H2/t16-,17-/m1/s1. The molecule has 4 fully saturated rings. The van der Waals surface area contributed by atoms with Crippen LogP contribution in [0.3, 0.4) is 0 Å². The van der Waals surface area contributed by atoms with Gasteiger partial charge in [-0.25, -0.2) is 4.98 Å². The lowest BCUT2D eigenvalue weighted by molar-refractivity contribution is 0.0711. The maximum Gasteiger partial charge on any atom is 0.272 e. The average Bonchev–Trinajstić information content (AvgIpc) is 2.81. The first-order valence-electron chi connectivity index (χ1n) is 9.73. The number of pyridine rings is 1. The first-order valence-corrected chi connectivity index (χ1v) is 9.73. The molecule has 132 valence electrons. The third-order valence-corrected chi connectivity index (χ3v) is 6.47. The van der Waals surface area contributed by atoms with Crippen LogP contribution in [0.5, 0.6) is 0 Å². The Hall–Kier alpha value is -1.88. The number of amides is 1. The second kappa shape index (κ2) is 6.13. The van der Waals surface area contributed by atoms with Crippen molar-refractivity contribution in [3.05, 3.63) is 36.3 Å². The molecule has 0 radical (unpaired) electrons. The normalized spacial score (nSPS) is 27.4. The molecule has 1 saturated carbocycles. The molecule has 5 heteroatoms. The van der Waals surface area contributed by atoms with Crippen LogP contribution in [0.2, 0.25) is 0 Å². The van der Waals surface area contributed by atoms with Gasteiger partial charge in [0.1, 0.15) is 11.3 Å². The first-order chi connectivity index (χ1) is 12.3. The van der Waals surface area contributed by atoms with Crippen LogP contribution >= 0.6 is 0 Å². The van der Waals surface area contributed by atoms with Gasteiger partial charge < -0.3 is 4.90 Å². The molecular formula is C20H26N4O. The minimum atomic E-state index is 0.140. The Labute approximate surface area is 148 Å². The maximum absolute atomic E-state index is 13.2. The third-order valence-electron chi connectivity index (χ3n) is 6.47. The quantitative estimate of drug-likeness (QED) is 0.864. The Bertz CT molecular complexity index is 781. The highest BCUT2D eigenvalue weighted by Gasteiger charge is 2.38. The van der Waals surface area contributed by atoms with E-state index in [0.29, 0.717) is 17.7 Å². The van der Waals surface area contributed by atoms with Crippen LogP contribution in [0.1, 0.15) is 42.6 Å². The van der Waals surface area contributed by atoms with Gasteiger partial charge in [-0.15, -0.1) is 0 Å². The summed E-state index contributed by atoms with van der Waals surface area (Å²) in [5.41, 5.74) is 1.54. The fourth-order valence-corrected chi connectivity index (χ4v) is 4.83. The summed E-state index contributed by atoms with van der Waals surface area (Å²) in [5, 5.41) is 0. The monoisotopic (exact) mass is 338 g/mol. The third kappa shape index (κ3) is 2.74. The molecule has 5 nitrogen and oxygen atoms in total. The molecule has 6 rings (SSSR count). The van der Waals surface area contributed by atoms with Gasteiger partial charge in [0.2, 0.25) is 0 Å². The highest BCUT2D eigenvalue weighted by molar-refractivity contribution is 5.93. The first kappa shape index (κ1) is 15.4. The van der Waals surface area contributed by atoms with E-state index in [1.54, 1.807) is 6.20 Å². The van der Waals surface area contributed by atoms with Crippen LogP contribution in [-0.4, -0.2) is 57.3 Å². The van der Waals surface area contributed by atoms with Gasteiger partial charge in [-0.3, -0.25) is 14.1 Å². The fourth-order valence-electron chi connectivity index (χ4n) is 4.83. The van der Waals surface area contributed by atoms with E-state index in [2.05, 4.69) is 14.8 Å². The molecule has 2 atom stereocenters. The Morgan fingerprint density at radius 3 is 2.88 bits per heavy atom. The zero-order valence-electron chi connectivity index (χ0n) is 14.7. The SMILES string of the molecule is O=C(c1cnc2ccccn12)N1C[C@@H]2CC[C@H](C1)N(CC1CCC1)C2. The number of piperidine rings is 1. The van der Waals surface area contributed by atoms with E-state index in [9.17, 15) is 4.79 Å². The largest absolute Gasteiger partial charge is 0.335 e. The van der Waals surface area contributed by atoms with Crippen molar-refractivity contribution >= 4 is 11.6 Å². The second-order valence-corrected chi connectivity index (χ2v) is 8.13. The molecule has 3 saturated heterocycles. The number of rotatable bonds is 3. The summed E-state index contributed by atoms with van der Waals surface area (Å²) in [5.74, 6) is 1.67. The van der Waals surface area contributed by atoms with Crippen LogP contribution in [0.4, 0.5) is 0 Å². The van der Waals surface area contributed by atoms with Crippen molar-refractivity contribution < 1.29 is 4.79 Å². The summed E-state index contributed by atoms with van der Waals surface area (Å²) < 4.78 is 1.92. The number of carbonyl (C=O) groups excluding carboxylic acids is 1. The predicted molar refractivity (Wildman–Crippen MR) is 96.5 cm³/mol. The Kier molecular flexibility index (Phi) is 3.77. The summed E-state index contributed by atoms with van der Waals surface area (Å²) >= 11 is 0. The van der Waals surface area contributed by atoms with Gasteiger partial charge in [-0.2, -0.15) is 0 Å². The molecule has 1 amide bonds. The topological polar surface area (TPSA) is 40.9 Å². The van der Waals surface area contributed by atoms with Gasteiger partial charge in [-0.1, -0.05) is 12.5 Å². The number of carbonyl (C=O) groups is 1. The fraction of sp³-hybridized carbons (Fsp3) is 0.600. The van der Waals surface area contributed by atoms with Crippen molar-refractivity contribution in [2.75, 3.05) is 26.2 Å². The zero-order chi connectivity index (χ0) is 16.8. The van der Waals surface area contributed by atoms with Gasteiger partial charge in [0.05, 0.1) is 6.20 Å². The van der Waals surface area contributed by atoms with E-state index < -0.39 is 0 Å². The van der Waals surface area contributed by atoms with Gasteiger partial charge in [-0.05, 0) is 49.7 Å². The van der Waals surface area contributed by atoms with Gasteiger partial charge in [0.25, 0.3) is 5.91 Å². The van der Waals surface area contributed by atoms with Gasteiger partial charge >= 0.3 is 0 Å². The zero-order valence-corrected chi connectivity index (χ0v) is 14.7. The average molecular weight is 338 g/mol. The van der Waals surface area contributed by atoms with Crippen molar-refractivity contribution in [2.24, 2.45) is 11.8 Å². The molecule has 2 aromatic rings. The molecule has 4 aliphatic rings. The summed E-state index contributed by atoms with van der Waals surface area (Å²) in [6.45, 7) is 4.20. The van der Waals surface area contributed by atoms with Crippen LogP contribution < -0.4 is 0 Å². The van der Waals surface area contributed by atoms with Gasteiger partial charge in [0, 0.05) is 38.4 Å². The Balaban J connectivity index is 1.36. The highest BCUT2D eigenvalue weighted by Crippen LogP contribution is 2.33. The smallest absolute Gasteiger partial charge is 0.272 e. The molecule has 0 N–H and O–H groups in total. The van der Waals surface area contributed by atoms with E-state index in [1.165, 1.54) is 45.2 Å². The molecule has 3 aliphatic heterocycles. The number of fused-ring (bicyclic) bond motifs is 5. The predicted octanol–water partition coefficient (Wildman–Crippen LogP) is 2.67. The molecule has 25 heavy (non-hydrogen) atoms. The van der Waals surface area contributed by atoms with Crippen LogP contribution in [0.15, 0.2) is 30.6 Å². The lowest BCUT2D eigenvalue weighted by Crippen LogP contribution is -2.47. The van der Waals surface area contributed by atoms with E-state index in [1.807, 2.05) is 28.8 Å². The van der Waals surface area contributed by atoms with E-state index in [4.69, 9.17) is 0 Å². The summed E-state index contributed by atoms with van der Waals surface area (Å²) in [6.07, 6.45) is 10.4. The lowest BCUT2D eigenvalue weighted by atomic mass is 9.83. The molecule has 0 unspecified atom stereocenters. The van der Waals surface area contributed by atoms with Crippen molar-refractivity contribution in [1.82, 2.24) is 19.2 Å². The molecule has 5 heterocycles. The molecule has 2 aromatic heterocycles. The Morgan fingerprint density at radius 1 is 1.12 bits per heavy atom. The van der Waals surface area contributed by atoms with E-state index >= 15 is 0 Å². The number of hydrogen-bond acceptors (Lipinski definition) is 3. The number of hydrogen-bond donors (Lipinski definition) is 0. The second-order valence-electron chi connectivity index (χ2n) is 8.13. The summed E-state index contributed by atoms with van der Waals surface area (Å²) in [7, 11) is 0. The van der Waals surface area contributed by atoms with E-state index in [0.717, 1.165) is 24.7 Å². The van der Waals surface area contributed by atoms with Crippen molar-refractivity contribution in [3.8, 4) is 0 Å². The van der Waals surface area contributed by atoms with Crippen molar-refractivity contribution in [1.29, 1.82) is 0 Å². The minimum Gasteiger partial charge on any atom is -0.335 e. The highest BCUT2D eigenvalue weighted by atomic mass is 16.2. The molecule has 0 spiro atoms. The van der Waals surface area contributed by atoms with Crippen LogP contribution in [-0.2, 0) is 0 Å². The lowest BCUT2D eigenvalue weighted by Gasteiger charge is -2.40. The van der Waals surface area contributed by atoms with Crippen molar-refractivity contribution in [2.45, 2.75) is 38.1 Å². The molecule has 2 bridgehead atoms. The van der Waals surface area contributed by atoms with Crippen LogP contribution in [0, 0.1) is 11.8 Å². The van der Waals surface area contributed by atoms with Gasteiger partial charge in [0.15, 0.2) is 0 Å². The Morgan fingerprint density at radius 2 is 2.04 bits per heavy atom. The number of nitrogens with zero attached hydrogens (tertiary/aromatic N) is 4. The molecule has 1 aliphatic carbocycles. The number of aromatic nitrogens is 2. The summed E-state index contributed by atoms with van der Waals surface area (Å²) in [4.78, 5) is 22.4. The minimum absolute atomic E-state index is 0.140. The molecule has 0 aromatic carbocycles. The van der Waals surface area contributed by atoms with Crippen molar-refractivity contribution in [3.63, 3.8) is 0 Å². The maximum atomic E-state index is 13.2. The number of imidazole rings is 1. The summed E-state index contributed by atoms with van der Waals surface area (Å²) in [6, 6.07) is 6.41. The molecular weight excluding hydrogens is 312 g/mol. The van der Waals surface area contributed by atoms with E-state index in [-0.39, 0.29) is 5.91 Å². The van der Waals surface area contributed by atoms with Crippen LogP contribution in [0.25, 0.3) is 5.65 Å².